The second-order valence-corrected chi connectivity index (χ2v) is 6.67. The van der Waals surface area contributed by atoms with Crippen molar-refractivity contribution in [2.24, 2.45) is 0 Å². The third-order valence-electron chi connectivity index (χ3n) is 4.40. The molecule has 4 rings (SSSR count). The number of hydrogen-bond acceptors (Lipinski definition) is 6. The predicted molar refractivity (Wildman–Crippen MR) is 96.7 cm³/mol. The summed E-state index contributed by atoms with van der Waals surface area (Å²) in [4.78, 5) is 4.29. The van der Waals surface area contributed by atoms with Crippen LogP contribution in [0.2, 0.25) is 0 Å². The molecule has 3 heterocycles. The first-order valence-electron chi connectivity index (χ1n) is 8.60. The summed E-state index contributed by atoms with van der Waals surface area (Å²) in [6.07, 6.45) is 0.128. The highest BCUT2D eigenvalue weighted by Gasteiger charge is 2.23. The van der Waals surface area contributed by atoms with Crippen molar-refractivity contribution in [3.05, 3.63) is 42.2 Å². The number of rotatable bonds is 4. The number of nitrogens with zero attached hydrogens (tertiary/aromatic N) is 6. The molecule has 1 fully saturated rings. The van der Waals surface area contributed by atoms with Crippen molar-refractivity contribution in [2.45, 2.75) is 6.10 Å². The van der Waals surface area contributed by atoms with Gasteiger partial charge in [0.15, 0.2) is 11.5 Å². The third kappa shape index (κ3) is 3.25. The van der Waals surface area contributed by atoms with Gasteiger partial charge in [-0.3, -0.25) is 0 Å². The number of halogens is 1. The van der Waals surface area contributed by atoms with Crippen molar-refractivity contribution in [1.82, 2.24) is 24.7 Å². The molecule has 1 aliphatic rings. The minimum atomic E-state index is -0.341. The fourth-order valence-corrected chi connectivity index (χ4v) is 3.20. The number of hydrogen-bond donors (Lipinski definition) is 0. The van der Waals surface area contributed by atoms with Gasteiger partial charge in [-0.05, 0) is 38.4 Å². The van der Waals surface area contributed by atoms with Gasteiger partial charge in [-0.15, -0.1) is 15.3 Å². The Morgan fingerprint density at radius 2 is 2.04 bits per heavy atom. The maximum atomic E-state index is 14.2. The molecule has 1 unspecified atom stereocenters. The van der Waals surface area contributed by atoms with Crippen LogP contribution in [-0.4, -0.2) is 71.2 Å². The van der Waals surface area contributed by atoms with E-state index in [1.165, 1.54) is 6.07 Å². The number of morpholine rings is 1. The molecule has 0 radical (unpaired) electrons. The van der Waals surface area contributed by atoms with E-state index >= 15 is 0 Å². The monoisotopic (exact) mass is 356 g/mol. The van der Waals surface area contributed by atoms with Gasteiger partial charge in [0, 0.05) is 19.6 Å². The Labute approximate surface area is 151 Å². The zero-order chi connectivity index (χ0) is 18.1. The molecule has 0 aliphatic carbocycles. The van der Waals surface area contributed by atoms with E-state index in [1.54, 1.807) is 22.7 Å². The summed E-state index contributed by atoms with van der Waals surface area (Å²) in [7, 11) is 4.06. The Morgan fingerprint density at radius 1 is 1.19 bits per heavy atom. The highest BCUT2D eigenvalue weighted by molar-refractivity contribution is 5.60. The zero-order valence-electron chi connectivity index (χ0n) is 14.8. The average Bonchev–Trinajstić information content (AvgIpc) is 3.05. The first-order chi connectivity index (χ1) is 12.6. The summed E-state index contributed by atoms with van der Waals surface area (Å²) in [6, 6.07) is 10.3. The molecule has 0 amide bonds. The van der Waals surface area contributed by atoms with Crippen LogP contribution < -0.4 is 4.90 Å². The van der Waals surface area contributed by atoms with E-state index < -0.39 is 0 Å². The maximum absolute atomic E-state index is 14.2. The Morgan fingerprint density at radius 3 is 2.85 bits per heavy atom. The molecule has 3 aromatic rings. The molecule has 0 N–H and O–H groups in total. The third-order valence-corrected chi connectivity index (χ3v) is 4.40. The van der Waals surface area contributed by atoms with Crippen LogP contribution in [0.15, 0.2) is 36.4 Å². The van der Waals surface area contributed by atoms with Gasteiger partial charge in [0.2, 0.25) is 0 Å². The standard InChI is InChI=1S/C18H21FN6O/c1-23(2)11-13-12-24(9-10-26-13)17-8-7-16-20-21-18(25(16)22-17)14-5-3-4-6-15(14)19/h3-8,13H,9-12H2,1-2H3. The number of anilines is 1. The molecule has 8 heteroatoms. The number of benzene rings is 1. The maximum Gasteiger partial charge on any atom is 0.188 e. The van der Waals surface area contributed by atoms with Crippen LogP contribution in [0.1, 0.15) is 0 Å². The summed E-state index contributed by atoms with van der Waals surface area (Å²) < 4.78 is 21.6. The van der Waals surface area contributed by atoms with Gasteiger partial charge in [0.25, 0.3) is 0 Å². The summed E-state index contributed by atoms with van der Waals surface area (Å²) in [6.45, 7) is 3.03. The molecule has 26 heavy (non-hydrogen) atoms. The number of likely N-dealkylation sites (N-methyl/N-ethyl adjacent to an activating group) is 1. The van der Waals surface area contributed by atoms with Crippen molar-refractivity contribution in [1.29, 1.82) is 0 Å². The first-order valence-corrected chi connectivity index (χ1v) is 8.60. The average molecular weight is 356 g/mol. The van der Waals surface area contributed by atoms with Crippen molar-refractivity contribution in [3.8, 4) is 11.4 Å². The zero-order valence-corrected chi connectivity index (χ0v) is 14.8. The molecule has 0 saturated carbocycles. The van der Waals surface area contributed by atoms with Gasteiger partial charge in [-0.1, -0.05) is 12.1 Å². The van der Waals surface area contributed by atoms with E-state index in [0.29, 0.717) is 23.6 Å². The Kier molecular flexibility index (Phi) is 4.52. The van der Waals surface area contributed by atoms with Crippen LogP contribution in [0.5, 0.6) is 0 Å². The fraction of sp³-hybridized carbons (Fsp3) is 0.389. The fourth-order valence-electron chi connectivity index (χ4n) is 3.20. The highest BCUT2D eigenvalue weighted by Crippen LogP contribution is 2.23. The second-order valence-electron chi connectivity index (χ2n) is 6.67. The Balaban J connectivity index is 1.67. The molecule has 1 aliphatic heterocycles. The lowest BCUT2D eigenvalue weighted by atomic mass is 10.2. The van der Waals surface area contributed by atoms with Crippen LogP contribution in [0.4, 0.5) is 10.2 Å². The van der Waals surface area contributed by atoms with E-state index in [4.69, 9.17) is 4.74 Å². The molecule has 136 valence electrons. The van der Waals surface area contributed by atoms with E-state index in [1.807, 2.05) is 26.2 Å². The summed E-state index contributed by atoms with van der Waals surface area (Å²) in [5, 5.41) is 12.9. The number of aromatic nitrogens is 4. The van der Waals surface area contributed by atoms with Crippen LogP contribution >= 0.6 is 0 Å². The van der Waals surface area contributed by atoms with Crippen molar-refractivity contribution in [3.63, 3.8) is 0 Å². The summed E-state index contributed by atoms with van der Waals surface area (Å²) >= 11 is 0. The van der Waals surface area contributed by atoms with Crippen LogP contribution in [0.3, 0.4) is 0 Å². The number of ether oxygens (including phenoxy) is 1. The Hall–Kier alpha value is -2.58. The smallest absolute Gasteiger partial charge is 0.188 e. The van der Waals surface area contributed by atoms with Crippen molar-refractivity contribution >= 4 is 11.5 Å². The molecule has 1 saturated heterocycles. The van der Waals surface area contributed by atoms with Crippen LogP contribution in [-0.2, 0) is 4.74 Å². The normalized spacial score (nSPS) is 18.0. The molecular formula is C18H21FN6O. The van der Waals surface area contributed by atoms with Gasteiger partial charge in [-0.2, -0.15) is 4.52 Å². The first kappa shape index (κ1) is 16.9. The van der Waals surface area contributed by atoms with E-state index in [2.05, 4.69) is 25.1 Å². The van der Waals surface area contributed by atoms with Gasteiger partial charge < -0.3 is 14.5 Å². The summed E-state index contributed by atoms with van der Waals surface area (Å²) in [5.74, 6) is 0.867. The lowest BCUT2D eigenvalue weighted by molar-refractivity contribution is 0.0245. The number of fused-ring (bicyclic) bond motifs is 1. The lowest BCUT2D eigenvalue weighted by Crippen LogP contribution is -2.46. The van der Waals surface area contributed by atoms with E-state index in [9.17, 15) is 4.39 Å². The lowest BCUT2D eigenvalue weighted by Gasteiger charge is -2.34. The van der Waals surface area contributed by atoms with Gasteiger partial charge in [0.05, 0.1) is 18.3 Å². The highest BCUT2D eigenvalue weighted by atomic mass is 19.1. The molecule has 2 aromatic heterocycles. The minimum Gasteiger partial charge on any atom is -0.373 e. The molecule has 1 atom stereocenters. The molecule has 0 spiro atoms. The SMILES string of the molecule is CN(C)CC1CN(c2ccc3nnc(-c4ccccc4F)n3n2)CCO1. The van der Waals surface area contributed by atoms with E-state index in [-0.39, 0.29) is 11.9 Å². The quantitative estimate of drug-likeness (QED) is 0.709. The molecular weight excluding hydrogens is 335 g/mol. The van der Waals surface area contributed by atoms with Gasteiger partial charge in [0.1, 0.15) is 11.6 Å². The van der Waals surface area contributed by atoms with Crippen LogP contribution in [0.25, 0.3) is 17.0 Å². The Bertz CT molecular complexity index is 912. The predicted octanol–water partition coefficient (Wildman–Crippen LogP) is 1.70. The van der Waals surface area contributed by atoms with Gasteiger partial charge >= 0.3 is 0 Å². The van der Waals surface area contributed by atoms with Crippen molar-refractivity contribution < 1.29 is 9.13 Å². The topological polar surface area (TPSA) is 58.8 Å². The molecule has 1 aromatic carbocycles. The van der Waals surface area contributed by atoms with Gasteiger partial charge in [-0.25, -0.2) is 4.39 Å². The van der Waals surface area contributed by atoms with Crippen molar-refractivity contribution in [2.75, 3.05) is 45.2 Å². The molecule has 0 bridgehead atoms. The van der Waals surface area contributed by atoms with E-state index in [0.717, 1.165) is 25.5 Å². The second kappa shape index (κ2) is 6.97. The molecule has 7 nitrogen and oxygen atoms in total. The summed E-state index contributed by atoms with van der Waals surface area (Å²) in [5.41, 5.74) is 0.974. The van der Waals surface area contributed by atoms with Crippen LogP contribution in [0, 0.1) is 5.82 Å². The largest absolute Gasteiger partial charge is 0.373 e. The minimum absolute atomic E-state index is 0.128.